The summed E-state index contributed by atoms with van der Waals surface area (Å²) in [4.78, 5) is 14.0. The maximum absolute atomic E-state index is 12.2. The molecule has 0 atom stereocenters. The number of carbonyl (C=O) groups is 1. The van der Waals surface area contributed by atoms with Gasteiger partial charge in [-0.2, -0.15) is 0 Å². The molecule has 4 heteroatoms. The smallest absolute Gasteiger partial charge is 0.260 e. The molecule has 1 aliphatic heterocycles. The largest absolute Gasteiger partial charge is 0.483 e. The molecule has 21 heavy (non-hydrogen) atoms. The van der Waals surface area contributed by atoms with Gasteiger partial charge in [0.2, 0.25) is 0 Å². The Morgan fingerprint density at radius 2 is 1.76 bits per heavy atom. The van der Waals surface area contributed by atoms with E-state index < -0.39 is 0 Å². The van der Waals surface area contributed by atoms with Crippen molar-refractivity contribution in [2.45, 2.75) is 19.3 Å². The lowest BCUT2D eigenvalue weighted by Crippen LogP contribution is -2.38. The van der Waals surface area contributed by atoms with Crippen LogP contribution in [0.25, 0.3) is 10.8 Å². The molecular formula is C17H20N2O2. The summed E-state index contributed by atoms with van der Waals surface area (Å²) in [7, 11) is 0. The number of piperidine rings is 1. The average Bonchev–Trinajstić information content (AvgIpc) is 2.55. The predicted octanol–water partition coefficient (Wildman–Crippen LogP) is 2.81. The van der Waals surface area contributed by atoms with E-state index in [4.69, 9.17) is 10.5 Å². The number of nitrogen functional groups attached to an aromatic ring is 1. The number of carbonyl (C=O) groups excluding carboxylic acids is 1. The van der Waals surface area contributed by atoms with E-state index in [0.717, 1.165) is 42.4 Å². The first-order valence-corrected chi connectivity index (χ1v) is 7.43. The van der Waals surface area contributed by atoms with Gasteiger partial charge in [-0.25, -0.2) is 0 Å². The van der Waals surface area contributed by atoms with Gasteiger partial charge in [0.15, 0.2) is 6.61 Å². The zero-order valence-electron chi connectivity index (χ0n) is 12.0. The van der Waals surface area contributed by atoms with Gasteiger partial charge < -0.3 is 15.4 Å². The highest BCUT2D eigenvalue weighted by Crippen LogP contribution is 2.29. The minimum absolute atomic E-state index is 0.0654. The molecule has 0 aromatic heterocycles. The SMILES string of the molecule is Nc1ccc(OCC(=O)N2CCCCC2)c2ccccc12. The summed E-state index contributed by atoms with van der Waals surface area (Å²) in [5, 5.41) is 1.91. The van der Waals surface area contributed by atoms with Crippen molar-refractivity contribution in [3.63, 3.8) is 0 Å². The zero-order valence-corrected chi connectivity index (χ0v) is 12.0. The average molecular weight is 284 g/mol. The van der Waals surface area contributed by atoms with E-state index in [0.29, 0.717) is 5.75 Å². The van der Waals surface area contributed by atoms with Gasteiger partial charge in [-0.15, -0.1) is 0 Å². The third-order valence-electron chi connectivity index (χ3n) is 3.98. The molecule has 4 nitrogen and oxygen atoms in total. The van der Waals surface area contributed by atoms with Gasteiger partial charge in [-0.05, 0) is 31.4 Å². The van der Waals surface area contributed by atoms with E-state index in [1.807, 2.05) is 41.3 Å². The lowest BCUT2D eigenvalue weighted by molar-refractivity contribution is -0.134. The monoisotopic (exact) mass is 284 g/mol. The summed E-state index contributed by atoms with van der Waals surface area (Å²) < 4.78 is 5.74. The maximum Gasteiger partial charge on any atom is 0.260 e. The van der Waals surface area contributed by atoms with E-state index in [2.05, 4.69) is 0 Å². The van der Waals surface area contributed by atoms with Crippen LogP contribution in [0.2, 0.25) is 0 Å². The maximum atomic E-state index is 12.2. The minimum atomic E-state index is 0.0654. The molecule has 1 amide bonds. The van der Waals surface area contributed by atoms with E-state index in [1.165, 1.54) is 6.42 Å². The molecule has 0 unspecified atom stereocenters. The number of nitrogens with two attached hydrogens (primary N) is 1. The number of likely N-dealkylation sites (tertiary alicyclic amines) is 1. The highest BCUT2D eigenvalue weighted by atomic mass is 16.5. The summed E-state index contributed by atoms with van der Waals surface area (Å²) >= 11 is 0. The fourth-order valence-corrected chi connectivity index (χ4v) is 2.79. The van der Waals surface area contributed by atoms with Crippen molar-refractivity contribution in [1.82, 2.24) is 4.90 Å². The van der Waals surface area contributed by atoms with Crippen LogP contribution >= 0.6 is 0 Å². The molecule has 0 aliphatic carbocycles. The summed E-state index contributed by atoms with van der Waals surface area (Å²) in [6, 6.07) is 11.5. The fraction of sp³-hybridized carbons (Fsp3) is 0.353. The van der Waals surface area contributed by atoms with Gasteiger partial charge in [-0.3, -0.25) is 4.79 Å². The molecule has 1 aliphatic rings. The highest BCUT2D eigenvalue weighted by molar-refractivity contribution is 5.97. The first-order valence-electron chi connectivity index (χ1n) is 7.43. The van der Waals surface area contributed by atoms with E-state index >= 15 is 0 Å². The fourth-order valence-electron chi connectivity index (χ4n) is 2.79. The van der Waals surface area contributed by atoms with Gasteiger partial charge in [-0.1, -0.05) is 24.3 Å². The molecule has 2 aromatic rings. The summed E-state index contributed by atoms with van der Waals surface area (Å²) in [5.41, 5.74) is 6.69. The van der Waals surface area contributed by atoms with Crippen LogP contribution in [-0.2, 0) is 4.79 Å². The van der Waals surface area contributed by atoms with Gasteiger partial charge in [0.25, 0.3) is 5.91 Å². The standard InChI is InChI=1S/C17H20N2O2/c18-15-8-9-16(14-7-3-2-6-13(14)15)21-12-17(20)19-10-4-1-5-11-19/h2-3,6-9H,1,4-5,10-12,18H2. The second kappa shape index (κ2) is 6.04. The van der Waals surface area contributed by atoms with Crippen LogP contribution in [-0.4, -0.2) is 30.5 Å². The van der Waals surface area contributed by atoms with E-state index in [-0.39, 0.29) is 12.5 Å². The normalized spacial score (nSPS) is 15.1. The van der Waals surface area contributed by atoms with Crippen molar-refractivity contribution in [3.8, 4) is 5.75 Å². The number of nitrogens with zero attached hydrogens (tertiary/aromatic N) is 1. The van der Waals surface area contributed by atoms with E-state index in [1.54, 1.807) is 0 Å². The molecule has 1 heterocycles. The number of rotatable bonds is 3. The van der Waals surface area contributed by atoms with Crippen LogP contribution < -0.4 is 10.5 Å². The Labute approximate surface area is 124 Å². The lowest BCUT2D eigenvalue weighted by atomic mass is 10.1. The molecule has 0 bridgehead atoms. The number of hydrogen-bond donors (Lipinski definition) is 1. The second-order valence-corrected chi connectivity index (χ2v) is 5.43. The number of amides is 1. The third kappa shape index (κ3) is 2.94. The van der Waals surface area contributed by atoms with Crippen LogP contribution in [0.15, 0.2) is 36.4 Å². The quantitative estimate of drug-likeness (QED) is 0.882. The third-order valence-corrected chi connectivity index (χ3v) is 3.98. The van der Waals surface area contributed by atoms with Gasteiger partial charge >= 0.3 is 0 Å². The van der Waals surface area contributed by atoms with Crippen molar-refractivity contribution in [2.24, 2.45) is 0 Å². The first-order chi connectivity index (χ1) is 10.3. The Kier molecular flexibility index (Phi) is 3.95. The number of fused-ring (bicyclic) bond motifs is 1. The van der Waals surface area contributed by atoms with Crippen LogP contribution in [0.4, 0.5) is 5.69 Å². The Morgan fingerprint density at radius 3 is 2.52 bits per heavy atom. The second-order valence-electron chi connectivity index (χ2n) is 5.43. The topological polar surface area (TPSA) is 55.6 Å². The van der Waals surface area contributed by atoms with Crippen LogP contribution in [0, 0.1) is 0 Å². The molecule has 2 N–H and O–H groups in total. The van der Waals surface area contributed by atoms with Crippen LogP contribution in [0.3, 0.4) is 0 Å². The van der Waals surface area contributed by atoms with Crippen molar-refractivity contribution in [1.29, 1.82) is 0 Å². The van der Waals surface area contributed by atoms with Crippen molar-refractivity contribution in [3.05, 3.63) is 36.4 Å². The molecule has 0 saturated carbocycles. The predicted molar refractivity (Wildman–Crippen MR) is 84.3 cm³/mol. The van der Waals surface area contributed by atoms with E-state index in [9.17, 15) is 4.79 Å². The first kappa shape index (κ1) is 13.7. The number of hydrogen-bond acceptors (Lipinski definition) is 3. The van der Waals surface area contributed by atoms with Gasteiger partial charge in [0, 0.05) is 29.5 Å². The Hall–Kier alpha value is -2.23. The molecule has 1 fully saturated rings. The summed E-state index contributed by atoms with van der Waals surface area (Å²) in [6.45, 7) is 1.79. The number of anilines is 1. The van der Waals surface area contributed by atoms with Crippen molar-refractivity contribution in [2.75, 3.05) is 25.4 Å². The molecule has 3 rings (SSSR count). The molecule has 0 radical (unpaired) electrons. The van der Waals surface area contributed by atoms with Crippen molar-refractivity contribution < 1.29 is 9.53 Å². The summed E-state index contributed by atoms with van der Waals surface area (Å²) in [5.74, 6) is 0.778. The zero-order chi connectivity index (χ0) is 14.7. The lowest BCUT2D eigenvalue weighted by Gasteiger charge is -2.26. The minimum Gasteiger partial charge on any atom is -0.483 e. The number of ether oxygens (including phenoxy) is 1. The Balaban J connectivity index is 1.73. The van der Waals surface area contributed by atoms with Crippen LogP contribution in [0.1, 0.15) is 19.3 Å². The summed E-state index contributed by atoms with van der Waals surface area (Å²) in [6.07, 6.45) is 3.40. The molecule has 1 saturated heterocycles. The van der Waals surface area contributed by atoms with Crippen molar-refractivity contribution >= 4 is 22.4 Å². The molecule has 2 aromatic carbocycles. The molecule has 110 valence electrons. The highest BCUT2D eigenvalue weighted by Gasteiger charge is 2.17. The molecule has 0 spiro atoms. The van der Waals surface area contributed by atoms with Gasteiger partial charge in [0.05, 0.1) is 0 Å². The van der Waals surface area contributed by atoms with Crippen LogP contribution in [0.5, 0.6) is 5.75 Å². The Bertz CT molecular complexity index is 648. The van der Waals surface area contributed by atoms with Gasteiger partial charge in [0.1, 0.15) is 5.75 Å². The number of benzene rings is 2. The molecular weight excluding hydrogens is 264 g/mol. The Morgan fingerprint density at radius 1 is 1.05 bits per heavy atom.